The van der Waals surface area contributed by atoms with Crippen molar-refractivity contribution >= 4 is 50.6 Å². The van der Waals surface area contributed by atoms with E-state index in [0.29, 0.717) is 44.3 Å². The van der Waals surface area contributed by atoms with Crippen LogP contribution in [0, 0.1) is 6.92 Å². The van der Waals surface area contributed by atoms with Crippen molar-refractivity contribution in [2.24, 2.45) is 0 Å². The molecule has 36 heavy (non-hydrogen) atoms. The summed E-state index contributed by atoms with van der Waals surface area (Å²) in [5.74, 6) is -0.288. The van der Waals surface area contributed by atoms with Gasteiger partial charge in [-0.1, -0.05) is 18.1 Å². The summed E-state index contributed by atoms with van der Waals surface area (Å²) >= 11 is 1.23. The molecule has 6 rings (SSSR count). The van der Waals surface area contributed by atoms with Gasteiger partial charge < -0.3 is 20.7 Å². The third-order valence-corrected chi connectivity index (χ3v) is 7.29. The van der Waals surface area contributed by atoms with Crippen LogP contribution in [-0.4, -0.2) is 36.1 Å². The molecule has 182 valence electrons. The number of amides is 3. The van der Waals surface area contributed by atoms with E-state index in [2.05, 4.69) is 20.9 Å². The fraction of sp³-hybridized carbons (Fsp3) is 0.222. The molecule has 2 aliphatic rings. The molecule has 8 nitrogen and oxygen atoms in total. The lowest BCUT2D eigenvalue weighted by Crippen LogP contribution is -2.45. The van der Waals surface area contributed by atoms with Crippen LogP contribution in [0.3, 0.4) is 0 Å². The average molecular weight is 505 g/mol. The first kappa shape index (κ1) is 17.5. The van der Waals surface area contributed by atoms with Crippen LogP contribution in [0.25, 0.3) is 10.2 Å². The normalized spacial score (nSPS) is 19.0. The van der Waals surface area contributed by atoms with Crippen molar-refractivity contribution in [1.29, 1.82) is 0 Å². The highest BCUT2D eigenvalue weighted by molar-refractivity contribution is 7.21. The van der Waals surface area contributed by atoms with Crippen LogP contribution in [0.4, 0.5) is 21.9 Å². The van der Waals surface area contributed by atoms with Gasteiger partial charge in [0, 0.05) is 18.8 Å². The molecule has 0 aliphatic carbocycles. The van der Waals surface area contributed by atoms with Crippen molar-refractivity contribution in [2.75, 3.05) is 23.3 Å². The smallest absolute Gasteiger partial charge is 0.331 e. The van der Waals surface area contributed by atoms with Gasteiger partial charge in [-0.05, 0) is 68.2 Å². The number of piperidine rings is 1. The number of hydrogen-bond donors (Lipinski definition) is 3. The summed E-state index contributed by atoms with van der Waals surface area (Å²) in [7, 11) is 0. The molecule has 4 aromatic rings. The second-order valence-electron chi connectivity index (χ2n) is 8.60. The number of anilines is 3. The number of rotatable bonds is 5. The molecule has 0 radical (unpaired) electrons. The molecule has 0 unspecified atom stereocenters. The number of thiophene rings is 1. The number of nitrogens with zero attached hydrogens (tertiary/aromatic N) is 2. The highest BCUT2D eigenvalue weighted by Gasteiger charge is 2.33. The molecule has 4 heterocycles. The van der Waals surface area contributed by atoms with Crippen LogP contribution < -0.4 is 25.6 Å². The average Bonchev–Trinajstić information content (AvgIpc) is 3.34. The Bertz CT molecular complexity index is 1710. The molecule has 0 saturated carbocycles. The quantitative estimate of drug-likeness (QED) is 0.331. The van der Waals surface area contributed by atoms with Gasteiger partial charge >= 0.3 is 6.03 Å². The highest BCUT2D eigenvalue weighted by atomic mass is 32.1. The first-order chi connectivity index (χ1) is 19.7. The molecule has 2 aliphatic heterocycles. The maximum Gasteiger partial charge on any atom is 0.331 e. The minimum absolute atomic E-state index is 0.0165. The number of pyridine rings is 1. The highest BCUT2D eigenvalue weighted by Crippen LogP contribution is 2.46. The summed E-state index contributed by atoms with van der Waals surface area (Å²) in [6.07, 6.45) is 3.46. The summed E-state index contributed by atoms with van der Waals surface area (Å²) in [4.78, 5) is 33.7. The number of urea groups is 1. The minimum atomic E-state index is -0.502. The van der Waals surface area contributed by atoms with Crippen LogP contribution in [-0.2, 0) is 0 Å². The van der Waals surface area contributed by atoms with E-state index in [-0.39, 0.29) is 23.4 Å². The Labute approximate surface area is 219 Å². The fourth-order valence-corrected chi connectivity index (χ4v) is 5.58. The SMILES string of the molecule is [2H]c1c([2H])c([2H])c(Oc2ccc(N3C(=O)Nc4c(C(=O)N[C@@H]5CCCNC5)sc5nccc3c45)c(C)c2)c([2H])c1[2H]. The van der Waals surface area contributed by atoms with E-state index in [4.69, 9.17) is 11.6 Å². The standard InChI is InChI=1S/C27H25N5O3S/c1-16-14-19(35-18-7-3-2-4-8-18)9-10-20(16)32-21-11-13-29-26-22(21)23(31-27(32)34)24(36-26)25(33)30-17-6-5-12-28-15-17/h2-4,7-11,13-14,17,28H,5-6,12,15H2,1H3,(H,30,33)(H,31,34)/t17-/m1/s1/i2D,3D,4D,7D,8D. The largest absolute Gasteiger partial charge is 0.457 e. The van der Waals surface area contributed by atoms with Crippen molar-refractivity contribution in [1.82, 2.24) is 15.6 Å². The van der Waals surface area contributed by atoms with Crippen LogP contribution in [0.2, 0.25) is 0 Å². The third kappa shape index (κ3) is 4.06. The summed E-state index contributed by atoms with van der Waals surface area (Å²) in [6.45, 7) is 3.40. The van der Waals surface area contributed by atoms with E-state index < -0.39 is 36.2 Å². The number of carbonyl (C=O) groups excluding carboxylic acids is 2. The molecule has 1 saturated heterocycles. The number of carbonyl (C=O) groups is 2. The first-order valence-corrected chi connectivity index (χ1v) is 12.4. The van der Waals surface area contributed by atoms with E-state index >= 15 is 0 Å². The van der Waals surface area contributed by atoms with Crippen LogP contribution >= 0.6 is 11.3 Å². The molecular formula is C27H25N5O3S. The van der Waals surface area contributed by atoms with Gasteiger partial charge in [0.25, 0.3) is 5.91 Å². The Kier molecular flexibility index (Phi) is 4.49. The topological polar surface area (TPSA) is 95.6 Å². The zero-order chi connectivity index (χ0) is 29.0. The molecule has 2 aromatic carbocycles. The number of aromatic nitrogens is 1. The number of para-hydroxylation sites is 1. The van der Waals surface area contributed by atoms with E-state index in [1.807, 2.05) is 0 Å². The summed E-state index contributed by atoms with van der Waals surface area (Å²) < 4.78 is 45.5. The predicted molar refractivity (Wildman–Crippen MR) is 142 cm³/mol. The van der Waals surface area contributed by atoms with E-state index in [1.54, 1.807) is 37.4 Å². The molecule has 0 spiro atoms. The zero-order valence-electron chi connectivity index (χ0n) is 24.3. The Morgan fingerprint density at radius 2 is 2.08 bits per heavy atom. The van der Waals surface area contributed by atoms with Crippen molar-refractivity contribution in [3.63, 3.8) is 0 Å². The first-order valence-electron chi connectivity index (χ1n) is 14.0. The zero-order valence-corrected chi connectivity index (χ0v) is 20.1. The molecule has 9 heteroatoms. The van der Waals surface area contributed by atoms with Crippen molar-refractivity contribution in [3.05, 3.63) is 71.1 Å². The number of ether oxygens (including phenoxy) is 1. The van der Waals surface area contributed by atoms with E-state index in [0.717, 1.165) is 19.4 Å². The van der Waals surface area contributed by atoms with E-state index in [9.17, 15) is 9.59 Å². The third-order valence-electron chi connectivity index (χ3n) is 6.19. The second kappa shape index (κ2) is 9.25. The predicted octanol–water partition coefficient (Wildman–Crippen LogP) is 5.56. The maximum atomic E-state index is 13.5. The molecule has 3 N–H and O–H groups in total. The molecule has 1 fully saturated rings. The van der Waals surface area contributed by atoms with Crippen LogP contribution in [0.1, 0.15) is 34.9 Å². The Balaban J connectivity index is 1.34. The lowest BCUT2D eigenvalue weighted by atomic mass is 10.1. The van der Waals surface area contributed by atoms with E-state index in [1.165, 1.54) is 16.2 Å². The summed E-state index contributed by atoms with van der Waals surface area (Å²) in [5, 5.41) is 9.91. The van der Waals surface area contributed by atoms with Crippen LogP contribution in [0.15, 0.2) is 60.7 Å². The maximum absolute atomic E-state index is 13.5. The van der Waals surface area contributed by atoms with Crippen molar-refractivity contribution < 1.29 is 21.2 Å². The number of hydrogen-bond acceptors (Lipinski definition) is 6. The van der Waals surface area contributed by atoms with Crippen LogP contribution in [0.5, 0.6) is 11.5 Å². The summed E-state index contributed by atoms with van der Waals surface area (Å²) in [6, 6.07) is 3.77. The fourth-order valence-electron chi connectivity index (χ4n) is 4.56. The van der Waals surface area contributed by atoms with Gasteiger partial charge in [0.05, 0.1) is 29.3 Å². The number of aryl methyl sites for hydroxylation is 1. The Hall–Kier alpha value is -3.95. The van der Waals surface area contributed by atoms with Gasteiger partial charge in [-0.25, -0.2) is 9.78 Å². The lowest BCUT2D eigenvalue weighted by molar-refractivity contribution is 0.0935. The lowest BCUT2D eigenvalue weighted by Gasteiger charge is -2.30. The van der Waals surface area contributed by atoms with Crippen molar-refractivity contribution in [2.45, 2.75) is 25.8 Å². The molecule has 3 amide bonds. The van der Waals surface area contributed by atoms with Gasteiger partial charge in [-0.2, -0.15) is 0 Å². The minimum Gasteiger partial charge on any atom is -0.457 e. The Morgan fingerprint density at radius 1 is 1.22 bits per heavy atom. The van der Waals surface area contributed by atoms with Gasteiger partial charge in [-0.3, -0.25) is 9.69 Å². The second-order valence-corrected chi connectivity index (χ2v) is 9.60. The monoisotopic (exact) mass is 504 g/mol. The molecular weight excluding hydrogens is 474 g/mol. The molecule has 2 aromatic heterocycles. The number of nitrogens with one attached hydrogen (secondary N) is 3. The summed E-state index contributed by atoms with van der Waals surface area (Å²) in [5.41, 5.74) is 2.19. The van der Waals surface area contributed by atoms with Gasteiger partial charge in [0.2, 0.25) is 0 Å². The number of benzene rings is 2. The molecule has 0 bridgehead atoms. The Morgan fingerprint density at radius 3 is 2.86 bits per heavy atom. The van der Waals surface area contributed by atoms with Gasteiger partial charge in [-0.15, -0.1) is 11.3 Å². The van der Waals surface area contributed by atoms with Gasteiger partial charge in [0.1, 0.15) is 21.2 Å². The molecule has 1 atom stereocenters. The van der Waals surface area contributed by atoms with Gasteiger partial charge in [0.15, 0.2) is 0 Å². The van der Waals surface area contributed by atoms with Crippen molar-refractivity contribution in [3.8, 4) is 11.5 Å².